The summed E-state index contributed by atoms with van der Waals surface area (Å²) < 4.78 is 39.0. The maximum atomic E-state index is 12.3. The van der Waals surface area contributed by atoms with Gasteiger partial charge >= 0.3 is 5.97 Å². The molecule has 0 saturated carbocycles. The zero-order valence-corrected chi connectivity index (χ0v) is 18.4. The van der Waals surface area contributed by atoms with Gasteiger partial charge in [-0.25, -0.2) is 18.4 Å². The number of esters is 1. The third kappa shape index (κ3) is 5.73. The lowest BCUT2D eigenvalue weighted by Crippen LogP contribution is -2.41. The predicted octanol–water partition coefficient (Wildman–Crippen LogP) is 1.61. The van der Waals surface area contributed by atoms with Crippen LogP contribution in [0.25, 0.3) is 0 Å². The fraction of sp³-hybridized carbons (Fsp3) is 0.381. The Balaban J connectivity index is 1.88. The number of rotatable bonds is 8. The van der Waals surface area contributed by atoms with Gasteiger partial charge in [0, 0.05) is 25.3 Å². The molecule has 1 unspecified atom stereocenters. The molecule has 168 valence electrons. The van der Waals surface area contributed by atoms with Gasteiger partial charge in [0.1, 0.15) is 5.75 Å². The van der Waals surface area contributed by atoms with Crippen LogP contribution in [-0.2, 0) is 19.5 Å². The summed E-state index contributed by atoms with van der Waals surface area (Å²) in [4.78, 5) is 14.4. The average molecular weight is 450 g/mol. The number of primary sulfonamides is 1. The van der Waals surface area contributed by atoms with Crippen LogP contribution < -0.4 is 15.2 Å². The Labute approximate surface area is 182 Å². The maximum absolute atomic E-state index is 12.3. The molecule has 10 heteroatoms. The minimum Gasteiger partial charge on any atom is -0.497 e. The third-order valence-electron chi connectivity index (χ3n) is 5.20. The Morgan fingerprint density at radius 3 is 2.42 bits per heavy atom. The summed E-state index contributed by atoms with van der Waals surface area (Å²) in [5, 5.41) is 8.49. The van der Waals surface area contributed by atoms with Crippen molar-refractivity contribution in [3.63, 3.8) is 0 Å². The standard InChI is InChI=1S/C21H27N3O6S/c1-28-16-5-3-15(4-6-16)20(24-9-11-30-12-10-24)14-23-19-8-7-17(31(22,26)27)13-18(19)21(25)29-2/h3-8,13,20,23H,9-12,14H2,1-2H3,(H2,22,26,27). The van der Waals surface area contributed by atoms with E-state index < -0.39 is 16.0 Å². The molecular weight excluding hydrogens is 422 g/mol. The summed E-state index contributed by atoms with van der Waals surface area (Å²) >= 11 is 0. The second-order valence-electron chi connectivity index (χ2n) is 7.06. The minimum absolute atomic E-state index is 0.00165. The monoisotopic (exact) mass is 449 g/mol. The van der Waals surface area contributed by atoms with E-state index >= 15 is 0 Å². The number of carbonyl (C=O) groups is 1. The fourth-order valence-electron chi connectivity index (χ4n) is 3.51. The Bertz CT molecular complexity index is 1000. The van der Waals surface area contributed by atoms with Crippen LogP contribution in [0, 0.1) is 0 Å². The van der Waals surface area contributed by atoms with Crippen molar-refractivity contribution in [3.05, 3.63) is 53.6 Å². The van der Waals surface area contributed by atoms with Gasteiger partial charge in [0.05, 0.1) is 43.9 Å². The summed E-state index contributed by atoms with van der Waals surface area (Å²) in [5.74, 6) is 0.115. The van der Waals surface area contributed by atoms with Crippen LogP contribution in [0.2, 0.25) is 0 Å². The van der Waals surface area contributed by atoms with Crippen molar-refractivity contribution in [2.75, 3.05) is 52.4 Å². The highest BCUT2D eigenvalue weighted by Gasteiger charge is 2.24. The van der Waals surface area contributed by atoms with Gasteiger partial charge in [-0.3, -0.25) is 4.90 Å². The number of ether oxygens (including phenoxy) is 3. The van der Waals surface area contributed by atoms with Crippen molar-refractivity contribution in [1.29, 1.82) is 0 Å². The largest absolute Gasteiger partial charge is 0.497 e. The number of anilines is 1. The lowest BCUT2D eigenvalue weighted by molar-refractivity contribution is 0.0187. The molecule has 2 aromatic rings. The average Bonchev–Trinajstić information content (AvgIpc) is 2.79. The van der Waals surface area contributed by atoms with Crippen LogP contribution in [0.4, 0.5) is 5.69 Å². The molecule has 9 nitrogen and oxygen atoms in total. The fourth-order valence-corrected chi connectivity index (χ4v) is 4.05. The quantitative estimate of drug-likeness (QED) is 0.584. The van der Waals surface area contributed by atoms with Gasteiger partial charge in [-0.05, 0) is 35.9 Å². The number of hydrogen-bond acceptors (Lipinski definition) is 8. The second-order valence-corrected chi connectivity index (χ2v) is 8.62. The van der Waals surface area contributed by atoms with Crippen LogP contribution in [0.3, 0.4) is 0 Å². The first-order valence-electron chi connectivity index (χ1n) is 9.78. The van der Waals surface area contributed by atoms with Crippen LogP contribution >= 0.6 is 0 Å². The molecule has 0 aliphatic carbocycles. The SMILES string of the molecule is COC(=O)c1cc(S(N)(=O)=O)ccc1NCC(c1ccc(OC)cc1)N1CCOCC1. The van der Waals surface area contributed by atoms with Crippen LogP contribution in [0.1, 0.15) is 22.0 Å². The predicted molar refractivity (Wildman–Crippen MR) is 116 cm³/mol. The maximum Gasteiger partial charge on any atom is 0.340 e. The van der Waals surface area contributed by atoms with E-state index in [9.17, 15) is 13.2 Å². The van der Waals surface area contributed by atoms with E-state index in [2.05, 4.69) is 10.2 Å². The number of nitrogens with zero attached hydrogens (tertiary/aromatic N) is 1. The number of nitrogens with two attached hydrogens (primary N) is 1. The highest BCUT2D eigenvalue weighted by atomic mass is 32.2. The topological polar surface area (TPSA) is 120 Å². The van der Waals surface area contributed by atoms with Gasteiger partial charge in [0.15, 0.2) is 0 Å². The molecule has 1 fully saturated rings. The Kier molecular flexibility index (Phi) is 7.50. The molecule has 0 aromatic heterocycles. The van der Waals surface area contributed by atoms with E-state index in [1.54, 1.807) is 7.11 Å². The molecule has 1 atom stereocenters. The van der Waals surface area contributed by atoms with Crippen LogP contribution in [0.5, 0.6) is 5.75 Å². The van der Waals surface area contributed by atoms with Crippen molar-refractivity contribution in [2.24, 2.45) is 5.14 Å². The molecule has 1 aliphatic rings. The van der Waals surface area contributed by atoms with E-state index in [1.165, 1.54) is 25.3 Å². The molecule has 2 aromatic carbocycles. The number of nitrogens with one attached hydrogen (secondary N) is 1. The normalized spacial score (nSPS) is 15.8. The van der Waals surface area contributed by atoms with E-state index in [4.69, 9.17) is 19.3 Å². The van der Waals surface area contributed by atoms with Crippen LogP contribution in [-0.4, -0.2) is 66.4 Å². The number of methoxy groups -OCH3 is 2. The first kappa shape index (κ1) is 23.0. The van der Waals surface area contributed by atoms with Crippen LogP contribution in [0.15, 0.2) is 47.4 Å². The van der Waals surface area contributed by atoms with Crippen molar-refractivity contribution in [1.82, 2.24) is 4.90 Å². The number of morpholine rings is 1. The van der Waals surface area contributed by atoms with Gasteiger partial charge in [0.2, 0.25) is 10.0 Å². The summed E-state index contributed by atoms with van der Waals surface area (Å²) in [5.41, 5.74) is 1.64. The lowest BCUT2D eigenvalue weighted by atomic mass is 10.0. The first-order chi connectivity index (χ1) is 14.8. The number of carbonyl (C=O) groups excluding carboxylic acids is 1. The van der Waals surface area contributed by atoms with Gasteiger partial charge in [0.25, 0.3) is 0 Å². The van der Waals surface area contributed by atoms with Gasteiger partial charge in [-0.15, -0.1) is 0 Å². The molecule has 0 spiro atoms. The molecule has 31 heavy (non-hydrogen) atoms. The Hall–Kier alpha value is -2.66. The Morgan fingerprint density at radius 1 is 1.16 bits per heavy atom. The molecule has 1 heterocycles. The molecule has 1 aliphatic heterocycles. The molecule has 0 bridgehead atoms. The van der Waals surface area contributed by atoms with Crippen molar-refractivity contribution in [3.8, 4) is 5.75 Å². The van der Waals surface area contributed by atoms with Gasteiger partial charge in [-0.2, -0.15) is 0 Å². The Morgan fingerprint density at radius 2 is 1.84 bits per heavy atom. The number of sulfonamides is 1. The third-order valence-corrected chi connectivity index (χ3v) is 6.11. The zero-order chi connectivity index (χ0) is 22.4. The highest BCUT2D eigenvalue weighted by Crippen LogP contribution is 2.27. The molecule has 0 amide bonds. The minimum atomic E-state index is -3.95. The zero-order valence-electron chi connectivity index (χ0n) is 17.5. The summed E-state index contributed by atoms with van der Waals surface area (Å²) in [7, 11) is -1.09. The second kappa shape index (κ2) is 10.1. The van der Waals surface area contributed by atoms with E-state index in [0.717, 1.165) is 24.4 Å². The van der Waals surface area contributed by atoms with Gasteiger partial charge in [-0.1, -0.05) is 12.1 Å². The lowest BCUT2D eigenvalue weighted by Gasteiger charge is -2.35. The van der Waals surface area contributed by atoms with Crippen molar-refractivity contribution >= 4 is 21.7 Å². The first-order valence-corrected chi connectivity index (χ1v) is 11.3. The number of hydrogen-bond donors (Lipinski definition) is 2. The molecule has 1 saturated heterocycles. The number of benzene rings is 2. The molecular formula is C21H27N3O6S. The molecule has 0 radical (unpaired) electrons. The van der Waals surface area contributed by atoms with Gasteiger partial charge < -0.3 is 19.5 Å². The van der Waals surface area contributed by atoms with Crippen molar-refractivity contribution in [2.45, 2.75) is 10.9 Å². The summed E-state index contributed by atoms with van der Waals surface area (Å²) in [6.45, 7) is 3.30. The molecule has 3 rings (SSSR count). The van der Waals surface area contributed by atoms with Crippen molar-refractivity contribution < 1.29 is 27.4 Å². The smallest absolute Gasteiger partial charge is 0.340 e. The summed E-state index contributed by atoms with van der Waals surface area (Å²) in [6.07, 6.45) is 0. The molecule has 3 N–H and O–H groups in total. The van der Waals surface area contributed by atoms with E-state index in [0.29, 0.717) is 25.4 Å². The highest BCUT2D eigenvalue weighted by molar-refractivity contribution is 7.89. The summed E-state index contributed by atoms with van der Waals surface area (Å²) in [6, 6.07) is 11.9. The van der Waals surface area contributed by atoms with E-state index in [1.807, 2.05) is 24.3 Å². The van der Waals surface area contributed by atoms with E-state index in [-0.39, 0.29) is 16.5 Å².